The number of H-pyrrole nitrogens is 2. The van der Waals surface area contributed by atoms with Gasteiger partial charge >= 0.3 is 12.2 Å². The fraction of sp³-hybridized carbons (Fsp3) is 0.489. The zero-order valence-electron chi connectivity index (χ0n) is 35.3. The molecular weight excluding hydrogens is 751 g/mol. The standard InChI is InChI=1S/C45H55N7O7/c1-23(2)38(50-43(54)57-9)42(53)51-20-26(21-56-8)15-35(51)40-46-19-34(48-40)28-10-12-30-29(16-28)22-58-37-18-31-27(17-32(30)37)11-13-33-39(31)49-41(47-33)36-14-24(3)25(4)52(36)44(55)59-45(5,6)7/h10-13,16-19,23-26,35-36,38H,14-15,20-22H2,1-9H3,(H,46,48)(H,47,49)(H,50,54)/t24-,25-,26+,35+,36+,38+/m1/s1. The molecule has 2 fully saturated rings. The third-order valence-corrected chi connectivity index (χ3v) is 12.2. The SMILES string of the molecule is COC[C@H]1C[C@@H](c2ncc(-c3ccc4c(c3)COc3cc5c(ccc6[nH]c([C@@H]7C[C@@H](C)[C@@H](C)N7C(=O)OC(C)(C)C)nc65)cc3-4)[nH]2)N(C(=O)[C@@H](NC(=O)OC)C(C)C)C1. The molecule has 59 heavy (non-hydrogen) atoms. The molecule has 14 heteroatoms. The van der Waals surface area contributed by atoms with Crippen molar-refractivity contribution in [2.45, 2.75) is 97.7 Å². The van der Waals surface area contributed by atoms with Crippen LogP contribution in [0.2, 0.25) is 0 Å². The number of aromatic nitrogens is 4. The largest absolute Gasteiger partial charge is 0.488 e. The Kier molecular flexibility index (Phi) is 10.6. The highest BCUT2D eigenvalue weighted by molar-refractivity contribution is 6.07. The summed E-state index contributed by atoms with van der Waals surface area (Å²) in [4.78, 5) is 60.1. The van der Waals surface area contributed by atoms with Crippen molar-refractivity contribution in [1.29, 1.82) is 0 Å². The van der Waals surface area contributed by atoms with Crippen LogP contribution >= 0.6 is 0 Å². The number of benzene rings is 3. The highest BCUT2D eigenvalue weighted by atomic mass is 16.6. The lowest BCUT2D eigenvalue weighted by atomic mass is 9.92. The van der Waals surface area contributed by atoms with Crippen molar-refractivity contribution in [2.24, 2.45) is 17.8 Å². The molecule has 0 radical (unpaired) electrons. The van der Waals surface area contributed by atoms with E-state index in [1.54, 1.807) is 12.0 Å². The molecule has 3 aliphatic rings. The first-order valence-corrected chi connectivity index (χ1v) is 20.6. The van der Waals surface area contributed by atoms with E-state index in [0.29, 0.717) is 32.0 Å². The van der Waals surface area contributed by atoms with Gasteiger partial charge in [-0.3, -0.25) is 9.69 Å². The van der Waals surface area contributed by atoms with Crippen molar-refractivity contribution in [3.63, 3.8) is 0 Å². The summed E-state index contributed by atoms with van der Waals surface area (Å²) in [5.74, 6) is 2.30. The number of likely N-dealkylation sites (tertiary alicyclic amines) is 2. The minimum Gasteiger partial charge on any atom is -0.488 e. The number of carbonyl (C=O) groups is 3. The van der Waals surface area contributed by atoms with E-state index in [1.165, 1.54) is 7.11 Å². The molecule has 2 aromatic heterocycles. The number of aromatic amines is 2. The van der Waals surface area contributed by atoms with Crippen molar-refractivity contribution in [3.8, 4) is 28.1 Å². The van der Waals surface area contributed by atoms with Crippen LogP contribution in [0.1, 0.15) is 90.6 Å². The first kappa shape index (κ1) is 40.2. The van der Waals surface area contributed by atoms with Gasteiger partial charge in [-0.1, -0.05) is 39.0 Å². The molecule has 5 heterocycles. The van der Waals surface area contributed by atoms with E-state index >= 15 is 0 Å². The Morgan fingerprint density at radius 2 is 1.78 bits per heavy atom. The second kappa shape index (κ2) is 15.5. The van der Waals surface area contributed by atoms with Crippen LogP contribution < -0.4 is 10.1 Å². The summed E-state index contributed by atoms with van der Waals surface area (Å²) in [7, 11) is 2.95. The van der Waals surface area contributed by atoms with E-state index in [0.717, 1.165) is 67.7 Å². The van der Waals surface area contributed by atoms with Crippen molar-refractivity contribution in [3.05, 3.63) is 65.9 Å². The molecule has 8 rings (SSSR count). The number of nitrogens with zero attached hydrogens (tertiary/aromatic N) is 4. The molecule has 5 aromatic rings. The van der Waals surface area contributed by atoms with E-state index in [4.69, 9.17) is 28.9 Å². The average molecular weight is 806 g/mol. The summed E-state index contributed by atoms with van der Waals surface area (Å²) in [6.07, 6.45) is 2.31. The highest BCUT2D eigenvalue weighted by Crippen LogP contribution is 2.45. The Bertz CT molecular complexity index is 2410. The molecule has 0 saturated carbocycles. The molecule has 312 valence electrons. The molecule has 0 aliphatic carbocycles. The van der Waals surface area contributed by atoms with Crippen molar-refractivity contribution in [2.75, 3.05) is 27.4 Å². The van der Waals surface area contributed by atoms with Gasteiger partial charge in [0.2, 0.25) is 5.91 Å². The molecule has 6 atom stereocenters. The number of ether oxygens (including phenoxy) is 4. The van der Waals surface area contributed by atoms with Crippen LogP contribution in [0, 0.1) is 17.8 Å². The maximum Gasteiger partial charge on any atom is 0.411 e. The van der Waals surface area contributed by atoms with Gasteiger partial charge in [0.25, 0.3) is 0 Å². The van der Waals surface area contributed by atoms with Gasteiger partial charge in [0.15, 0.2) is 0 Å². The molecule has 0 bridgehead atoms. The molecular formula is C45H55N7O7. The number of imidazole rings is 2. The number of hydrogen-bond acceptors (Lipinski definition) is 9. The van der Waals surface area contributed by atoms with Crippen LogP contribution in [0.3, 0.4) is 0 Å². The number of alkyl carbamates (subject to hydrolysis) is 1. The molecule has 2 saturated heterocycles. The Hall–Kier alpha value is -5.63. The summed E-state index contributed by atoms with van der Waals surface area (Å²) in [6, 6.07) is 13.5. The Morgan fingerprint density at radius 1 is 0.983 bits per heavy atom. The molecule has 3 aromatic carbocycles. The second-order valence-electron chi connectivity index (χ2n) is 17.8. The van der Waals surface area contributed by atoms with Gasteiger partial charge in [-0.15, -0.1) is 0 Å². The van der Waals surface area contributed by atoms with E-state index < -0.39 is 17.7 Å². The quantitative estimate of drug-likeness (QED) is 0.140. The van der Waals surface area contributed by atoms with Gasteiger partial charge in [-0.2, -0.15) is 0 Å². The molecule has 3 amide bonds. The number of methoxy groups -OCH3 is 2. The third kappa shape index (κ3) is 7.58. The average Bonchev–Trinajstić information content (AvgIpc) is 4.00. The predicted molar refractivity (Wildman–Crippen MR) is 224 cm³/mol. The normalized spacial score (nSPS) is 22.0. The first-order valence-electron chi connectivity index (χ1n) is 20.6. The van der Waals surface area contributed by atoms with Crippen molar-refractivity contribution >= 4 is 39.9 Å². The lowest BCUT2D eigenvalue weighted by Gasteiger charge is -2.31. The fourth-order valence-electron chi connectivity index (χ4n) is 9.02. The zero-order valence-corrected chi connectivity index (χ0v) is 35.3. The number of amides is 3. The van der Waals surface area contributed by atoms with E-state index in [-0.39, 0.29) is 47.9 Å². The van der Waals surface area contributed by atoms with Crippen LogP contribution in [-0.2, 0) is 25.6 Å². The van der Waals surface area contributed by atoms with Crippen molar-refractivity contribution < 1.29 is 33.3 Å². The number of fused-ring (bicyclic) bond motifs is 6. The molecule has 0 unspecified atom stereocenters. The minimum atomic E-state index is -0.745. The fourth-order valence-corrected chi connectivity index (χ4v) is 9.02. The lowest BCUT2D eigenvalue weighted by Crippen LogP contribution is -2.51. The van der Waals surface area contributed by atoms with Crippen LogP contribution in [0.25, 0.3) is 44.2 Å². The van der Waals surface area contributed by atoms with E-state index in [9.17, 15) is 14.4 Å². The summed E-state index contributed by atoms with van der Waals surface area (Å²) in [5.41, 5.74) is 6.07. The smallest absolute Gasteiger partial charge is 0.411 e. The maximum absolute atomic E-state index is 13.9. The maximum atomic E-state index is 13.9. The van der Waals surface area contributed by atoms with Gasteiger partial charge in [0.05, 0.1) is 48.7 Å². The highest BCUT2D eigenvalue weighted by Gasteiger charge is 2.44. The number of nitrogens with one attached hydrogen (secondary N) is 3. The monoisotopic (exact) mass is 805 g/mol. The summed E-state index contributed by atoms with van der Waals surface area (Å²) < 4.78 is 22.6. The van der Waals surface area contributed by atoms with Gasteiger partial charge < -0.3 is 39.1 Å². The zero-order chi connectivity index (χ0) is 41.9. The molecule has 14 nitrogen and oxygen atoms in total. The summed E-state index contributed by atoms with van der Waals surface area (Å²) in [5, 5.41) is 4.74. The van der Waals surface area contributed by atoms with E-state index in [2.05, 4.69) is 71.6 Å². The van der Waals surface area contributed by atoms with Gasteiger partial charge in [-0.05, 0) is 98.7 Å². The first-order chi connectivity index (χ1) is 28.1. The van der Waals surface area contributed by atoms with Crippen LogP contribution in [-0.4, -0.2) is 92.9 Å². The Morgan fingerprint density at radius 3 is 2.51 bits per heavy atom. The molecule has 3 aliphatic heterocycles. The topological polar surface area (TPSA) is 164 Å². The minimum absolute atomic E-state index is 0.0131. The lowest BCUT2D eigenvalue weighted by molar-refractivity contribution is -0.135. The second-order valence-corrected chi connectivity index (χ2v) is 17.8. The Balaban J connectivity index is 1.06. The van der Waals surface area contributed by atoms with Crippen molar-refractivity contribution in [1.82, 2.24) is 35.1 Å². The molecule has 3 N–H and O–H groups in total. The van der Waals surface area contributed by atoms with Crippen LogP contribution in [0.5, 0.6) is 5.75 Å². The Labute approximate surface area is 344 Å². The van der Waals surface area contributed by atoms with Crippen LogP contribution in [0.4, 0.5) is 9.59 Å². The number of rotatable bonds is 8. The molecule has 0 spiro atoms. The summed E-state index contributed by atoms with van der Waals surface area (Å²) in [6.45, 7) is 15.1. The third-order valence-electron chi connectivity index (χ3n) is 12.2. The number of carbonyl (C=O) groups excluding carboxylic acids is 3. The van der Waals surface area contributed by atoms with E-state index in [1.807, 2.05) is 45.7 Å². The predicted octanol–water partition coefficient (Wildman–Crippen LogP) is 8.29. The van der Waals surface area contributed by atoms with Gasteiger partial charge in [0.1, 0.15) is 35.6 Å². The van der Waals surface area contributed by atoms with Gasteiger partial charge in [-0.25, -0.2) is 19.6 Å². The van der Waals surface area contributed by atoms with Gasteiger partial charge in [0, 0.05) is 36.6 Å². The van der Waals surface area contributed by atoms with Crippen LogP contribution in [0.15, 0.2) is 48.7 Å². The summed E-state index contributed by atoms with van der Waals surface area (Å²) >= 11 is 0. The number of hydrogen-bond donors (Lipinski definition) is 3.